The summed E-state index contributed by atoms with van der Waals surface area (Å²) in [6.45, 7) is 56.1. The van der Waals surface area contributed by atoms with Gasteiger partial charge in [-0.2, -0.15) is 0 Å². The van der Waals surface area contributed by atoms with Crippen LogP contribution in [0.4, 0.5) is 0 Å². The normalized spacial score (nSPS) is 14.0. The molecule has 2 aliphatic heterocycles. The van der Waals surface area contributed by atoms with Crippen LogP contribution in [0, 0.1) is 27.7 Å². The minimum atomic E-state index is -0.0971. The van der Waals surface area contributed by atoms with Crippen molar-refractivity contribution in [2.75, 3.05) is 0 Å². The van der Waals surface area contributed by atoms with E-state index in [2.05, 4.69) is 262 Å². The van der Waals surface area contributed by atoms with Crippen LogP contribution < -0.4 is 0 Å². The van der Waals surface area contributed by atoms with E-state index in [0.29, 0.717) is 0 Å². The molecule has 5 heterocycles. The Morgan fingerprint density at radius 3 is 0.959 bits per heavy atom. The van der Waals surface area contributed by atoms with Crippen LogP contribution in [-0.4, -0.2) is 19.1 Å². The van der Waals surface area contributed by atoms with Gasteiger partial charge in [0.15, 0.2) is 0 Å². The Kier molecular flexibility index (Phi) is 13.2. The van der Waals surface area contributed by atoms with Crippen LogP contribution in [0.25, 0.3) is 78.7 Å². The summed E-state index contributed by atoms with van der Waals surface area (Å²) in [6.07, 6.45) is 4.50. The summed E-state index contributed by atoms with van der Waals surface area (Å²) >= 11 is 0. The average molecular weight is 988 g/mol. The van der Waals surface area contributed by atoms with Gasteiger partial charge in [-0.3, -0.25) is 0 Å². The maximum Gasteiger partial charge on any atom is 0.0769 e. The number of aryl methyl sites for hydroxylation is 6. The summed E-state index contributed by atoms with van der Waals surface area (Å²) in [6, 6.07) is 24.4. The molecule has 0 N–H and O–H groups in total. The van der Waals surface area contributed by atoms with E-state index in [1.54, 1.807) is 0 Å². The lowest BCUT2D eigenvalue weighted by Gasteiger charge is -2.27. The second kappa shape index (κ2) is 18.0. The van der Waals surface area contributed by atoms with Gasteiger partial charge in [-0.05, 0) is 176 Å². The Hall–Kier alpha value is -5.74. The van der Waals surface area contributed by atoms with Crippen LogP contribution in [0.2, 0.25) is 0 Å². The quantitative estimate of drug-likeness (QED) is 0.177. The van der Waals surface area contributed by atoms with E-state index < -0.39 is 0 Å². The highest BCUT2D eigenvalue weighted by atomic mass is 15.0. The second-order valence-corrected chi connectivity index (χ2v) is 28.5. The zero-order valence-corrected chi connectivity index (χ0v) is 50.7. The molecule has 0 saturated heterocycles. The van der Waals surface area contributed by atoms with Crippen molar-refractivity contribution in [1.29, 1.82) is 0 Å². The van der Waals surface area contributed by atoms with Gasteiger partial charge >= 0.3 is 0 Å². The number of nitrogens with zero attached hydrogens (tertiary/aromatic N) is 4. The summed E-state index contributed by atoms with van der Waals surface area (Å²) in [4.78, 5) is 11.8. The van der Waals surface area contributed by atoms with Crippen LogP contribution in [0.1, 0.15) is 217 Å². The highest BCUT2D eigenvalue weighted by Gasteiger charge is 2.31. The monoisotopic (exact) mass is 987 g/mol. The summed E-state index contributed by atoms with van der Waals surface area (Å²) < 4.78 is 4.94. The van der Waals surface area contributed by atoms with Crippen molar-refractivity contribution in [1.82, 2.24) is 19.1 Å². The fourth-order valence-electron chi connectivity index (χ4n) is 11.2. The van der Waals surface area contributed by atoms with E-state index in [1.165, 1.54) is 106 Å². The molecule has 8 rings (SSSR count). The van der Waals surface area contributed by atoms with E-state index in [0.717, 1.165) is 39.4 Å². The topological polar surface area (TPSA) is 35.6 Å². The maximum atomic E-state index is 6.15. The summed E-state index contributed by atoms with van der Waals surface area (Å²) in [5.74, 6) is 0. The van der Waals surface area contributed by atoms with E-state index in [-0.39, 0.29) is 32.5 Å². The summed E-state index contributed by atoms with van der Waals surface area (Å²) in [7, 11) is 4.55. The molecule has 74 heavy (non-hydrogen) atoms. The molecule has 0 unspecified atom stereocenters. The molecule has 4 heteroatoms. The predicted octanol–water partition coefficient (Wildman–Crippen LogP) is 19.5. The largest absolute Gasteiger partial charge is 0.344 e. The first-order chi connectivity index (χ1) is 33.8. The fraction of sp³-hybridized carbons (Fsp3) is 0.457. The minimum absolute atomic E-state index is 0.0736. The number of hydrogen-bond acceptors (Lipinski definition) is 2. The molecule has 0 amide bonds. The van der Waals surface area contributed by atoms with Crippen LogP contribution in [0.3, 0.4) is 0 Å². The Balaban J connectivity index is 1.75. The fourth-order valence-corrected chi connectivity index (χ4v) is 11.2. The number of hydrogen-bond donors (Lipinski definition) is 0. The highest BCUT2D eigenvalue weighted by molar-refractivity contribution is 6.06. The minimum Gasteiger partial charge on any atom is -0.344 e. The van der Waals surface area contributed by atoms with Crippen LogP contribution in [-0.2, 0) is 46.6 Å². The number of aromatic nitrogens is 4. The predicted molar refractivity (Wildman–Crippen MR) is 325 cm³/mol. The molecule has 0 aliphatic carbocycles. The molecule has 6 aromatic rings. The van der Waals surface area contributed by atoms with Gasteiger partial charge < -0.3 is 9.13 Å². The second-order valence-electron chi connectivity index (χ2n) is 28.5. The van der Waals surface area contributed by atoms with Crippen LogP contribution in [0.5, 0.6) is 0 Å². The summed E-state index contributed by atoms with van der Waals surface area (Å²) in [5.41, 5.74) is 30.5. The lowest BCUT2D eigenvalue weighted by Crippen LogP contribution is -2.16. The zero-order chi connectivity index (χ0) is 55.1. The molecule has 2 aliphatic rings. The van der Waals surface area contributed by atoms with Gasteiger partial charge in [0.1, 0.15) is 0 Å². The highest BCUT2D eigenvalue weighted by Crippen LogP contribution is 2.48. The van der Waals surface area contributed by atoms with Crippen molar-refractivity contribution >= 4 is 45.4 Å². The molecule has 0 saturated carbocycles. The van der Waals surface area contributed by atoms with Crippen molar-refractivity contribution in [3.05, 3.63) is 139 Å². The van der Waals surface area contributed by atoms with E-state index in [9.17, 15) is 0 Å². The van der Waals surface area contributed by atoms with Crippen LogP contribution >= 0.6 is 0 Å². The molecule has 0 fully saturated rings. The number of benzene rings is 3. The van der Waals surface area contributed by atoms with Gasteiger partial charge in [-0.25, -0.2) is 9.97 Å². The molecule has 8 bridgehead atoms. The smallest absolute Gasteiger partial charge is 0.0769 e. The van der Waals surface area contributed by atoms with Gasteiger partial charge in [0.25, 0.3) is 0 Å². The SMILES string of the molecule is CC1=C(C)c2nc1c(-c1cc(C(C)(C)C)cc(C(C)(C)C)c1)c1c(C)c(C)c(cc3nc(c(-c4cc(C(C)(C)C)cc(C(C)(C)C)c4)c4c(C)c(C)c(c2-c2cc(C(C)(C)C)cc(C(C)(C)C)c2)n4C)C=C3)n1C. The standard InChI is InChI=1S/C70H90N4/c1-39-42(4)63-58(46-31-50(67(13,14)15)36-51(32-46)68(16,17)18)60-40(2)41(3)61(72-60)59(47-33-52(69(19,20)21)37-53(34-47)70(22,23)24)64-44(6)43(5)62(74(64)26)57(55-28-27-54(71-55)38-56(39)73(63)25)45-29-48(65(7,8)9)35-49(30-45)66(10,11)12/h27-38H,1-26H3. The number of fused-ring (bicyclic) bond motifs is 8. The molecular formula is C70H90N4. The first-order valence-electron chi connectivity index (χ1n) is 27.4. The molecule has 3 aromatic carbocycles. The summed E-state index contributed by atoms with van der Waals surface area (Å²) in [5, 5.41) is 0. The van der Waals surface area contributed by atoms with Gasteiger partial charge in [-0.1, -0.05) is 179 Å². The van der Waals surface area contributed by atoms with Gasteiger partial charge in [-0.15, -0.1) is 0 Å². The molecule has 0 spiro atoms. The van der Waals surface area contributed by atoms with Crippen molar-refractivity contribution < 1.29 is 0 Å². The Morgan fingerprint density at radius 2 is 0.622 bits per heavy atom. The van der Waals surface area contributed by atoms with Crippen LogP contribution in [0.15, 0.2) is 60.7 Å². The Bertz CT molecular complexity index is 3450. The zero-order valence-electron chi connectivity index (χ0n) is 50.7. The van der Waals surface area contributed by atoms with Crippen molar-refractivity contribution in [3.63, 3.8) is 0 Å². The Morgan fingerprint density at radius 1 is 0.324 bits per heavy atom. The number of allylic oxidation sites excluding steroid dienone is 2. The van der Waals surface area contributed by atoms with Gasteiger partial charge in [0.2, 0.25) is 0 Å². The lowest BCUT2D eigenvalue weighted by molar-refractivity contribution is 0.568. The first kappa shape index (κ1) is 54.5. The third-order valence-electron chi connectivity index (χ3n) is 16.7. The molecular weight excluding hydrogens is 897 g/mol. The molecule has 0 atom stereocenters. The molecule has 3 aromatic heterocycles. The third kappa shape index (κ3) is 9.62. The third-order valence-corrected chi connectivity index (χ3v) is 16.7. The number of rotatable bonds is 3. The van der Waals surface area contributed by atoms with Crippen molar-refractivity contribution in [2.24, 2.45) is 14.1 Å². The van der Waals surface area contributed by atoms with Gasteiger partial charge in [0, 0.05) is 36.3 Å². The first-order valence-corrected chi connectivity index (χ1v) is 27.4. The average Bonchev–Trinajstić information content (AvgIpc) is 3.97. The lowest BCUT2D eigenvalue weighted by atomic mass is 9.78. The molecule has 4 nitrogen and oxygen atoms in total. The van der Waals surface area contributed by atoms with E-state index in [4.69, 9.17) is 9.97 Å². The van der Waals surface area contributed by atoms with Crippen molar-refractivity contribution in [3.8, 4) is 33.4 Å². The molecule has 390 valence electrons. The van der Waals surface area contributed by atoms with Crippen molar-refractivity contribution in [2.45, 2.75) is 199 Å². The van der Waals surface area contributed by atoms with E-state index in [1.807, 2.05) is 0 Å². The van der Waals surface area contributed by atoms with E-state index >= 15 is 0 Å². The molecule has 0 radical (unpaired) electrons. The maximum absolute atomic E-state index is 6.15. The van der Waals surface area contributed by atoms with Gasteiger partial charge in [0.05, 0.1) is 39.3 Å². The Labute approximate surface area is 447 Å².